The van der Waals surface area contributed by atoms with Crippen molar-refractivity contribution in [2.75, 3.05) is 0 Å². The van der Waals surface area contributed by atoms with E-state index in [1.54, 1.807) is 0 Å². The van der Waals surface area contributed by atoms with Crippen LogP contribution in [0.1, 0.15) is 46.9 Å². The summed E-state index contributed by atoms with van der Waals surface area (Å²) in [4.78, 5) is 4.70. The minimum absolute atomic E-state index is 0.228. The zero-order valence-corrected chi connectivity index (χ0v) is 13.9. The molecule has 1 aromatic heterocycles. The molecule has 2 aromatic rings. The zero-order chi connectivity index (χ0) is 15.6. The summed E-state index contributed by atoms with van der Waals surface area (Å²) in [7, 11) is 0. The molecule has 0 aliphatic rings. The van der Waals surface area contributed by atoms with Crippen LogP contribution in [0.15, 0.2) is 24.3 Å². The lowest BCUT2D eigenvalue weighted by molar-refractivity contribution is 0.108. The molecule has 2 rings (SSSR count). The van der Waals surface area contributed by atoms with Crippen molar-refractivity contribution in [2.24, 2.45) is 11.3 Å². The highest BCUT2D eigenvalue weighted by molar-refractivity contribution is 5.75. The Hall–Kier alpha value is -1.35. The van der Waals surface area contributed by atoms with E-state index in [0.717, 1.165) is 29.8 Å². The van der Waals surface area contributed by atoms with Gasteiger partial charge in [0.1, 0.15) is 5.82 Å². The second-order valence-electron chi connectivity index (χ2n) is 7.12. The van der Waals surface area contributed by atoms with Crippen LogP contribution in [0.2, 0.25) is 0 Å². The van der Waals surface area contributed by atoms with E-state index in [0.29, 0.717) is 12.3 Å². The Morgan fingerprint density at radius 1 is 1.24 bits per heavy atom. The highest BCUT2D eigenvalue weighted by Crippen LogP contribution is 2.29. The lowest BCUT2D eigenvalue weighted by Crippen LogP contribution is -2.25. The van der Waals surface area contributed by atoms with Gasteiger partial charge in [-0.05, 0) is 36.8 Å². The lowest BCUT2D eigenvalue weighted by atomic mass is 9.78. The number of hydrogen-bond acceptors (Lipinski definition) is 2. The van der Waals surface area contributed by atoms with E-state index in [2.05, 4.69) is 45.3 Å². The normalized spacial score (nSPS) is 15.3. The molecule has 0 radical (unpaired) electrons. The summed E-state index contributed by atoms with van der Waals surface area (Å²) < 4.78 is 2.21. The number of imidazole rings is 1. The number of rotatable bonds is 5. The Balaban J connectivity index is 2.16. The number of aliphatic hydroxyl groups excluding tert-OH is 1. The third kappa shape index (κ3) is 3.65. The van der Waals surface area contributed by atoms with Gasteiger partial charge in [0.2, 0.25) is 0 Å². The first-order valence-corrected chi connectivity index (χ1v) is 7.95. The number of fused-ring (bicyclic) bond motifs is 1. The fraction of sp³-hybridized carbons (Fsp3) is 0.611. The van der Waals surface area contributed by atoms with Gasteiger partial charge in [0, 0.05) is 13.0 Å². The SMILES string of the molecule is CCn1c(CC(O)CC(C)C(C)(C)C)nc2ccccc21. The average molecular weight is 288 g/mol. The van der Waals surface area contributed by atoms with E-state index in [9.17, 15) is 5.11 Å². The van der Waals surface area contributed by atoms with E-state index >= 15 is 0 Å². The molecule has 2 unspecified atom stereocenters. The van der Waals surface area contributed by atoms with E-state index in [4.69, 9.17) is 4.98 Å². The molecule has 3 nitrogen and oxygen atoms in total. The molecule has 116 valence electrons. The molecule has 0 amide bonds. The molecule has 0 aliphatic carbocycles. The van der Waals surface area contributed by atoms with Gasteiger partial charge < -0.3 is 9.67 Å². The number of hydrogen-bond donors (Lipinski definition) is 1. The standard InChI is InChI=1S/C18H28N2O/c1-6-20-16-10-8-7-9-15(16)19-17(20)12-14(21)11-13(2)18(3,4)5/h7-10,13-14,21H,6,11-12H2,1-5H3. The maximum Gasteiger partial charge on any atom is 0.112 e. The number of aromatic nitrogens is 2. The van der Waals surface area contributed by atoms with Crippen LogP contribution in [0.25, 0.3) is 11.0 Å². The van der Waals surface area contributed by atoms with E-state index in [1.807, 2.05) is 18.2 Å². The van der Waals surface area contributed by atoms with Gasteiger partial charge in [-0.1, -0.05) is 39.8 Å². The Morgan fingerprint density at radius 3 is 2.52 bits per heavy atom. The van der Waals surface area contributed by atoms with Crippen molar-refractivity contribution < 1.29 is 5.11 Å². The molecule has 0 aliphatic heterocycles. The third-order valence-corrected chi connectivity index (χ3v) is 4.57. The predicted octanol–water partition coefficient (Wildman–Crippen LogP) is 4.03. The molecular formula is C18H28N2O. The van der Waals surface area contributed by atoms with Crippen molar-refractivity contribution in [3.63, 3.8) is 0 Å². The quantitative estimate of drug-likeness (QED) is 0.902. The van der Waals surface area contributed by atoms with Crippen LogP contribution in [0.3, 0.4) is 0 Å². The first-order chi connectivity index (χ1) is 9.82. The fourth-order valence-corrected chi connectivity index (χ4v) is 2.69. The van der Waals surface area contributed by atoms with Gasteiger partial charge in [-0.15, -0.1) is 0 Å². The average Bonchev–Trinajstić information content (AvgIpc) is 2.74. The second kappa shape index (κ2) is 6.18. The molecule has 0 spiro atoms. The van der Waals surface area contributed by atoms with Crippen LogP contribution in [0, 0.1) is 11.3 Å². The van der Waals surface area contributed by atoms with Crippen LogP contribution < -0.4 is 0 Å². The maximum absolute atomic E-state index is 10.4. The highest BCUT2D eigenvalue weighted by Gasteiger charge is 2.24. The van der Waals surface area contributed by atoms with Crippen LogP contribution in [-0.2, 0) is 13.0 Å². The van der Waals surface area contributed by atoms with E-state index in [1.165, 1.54) is 0 Å². The summed E-state index contributed by atoms with van der Waals surface area (Å²) in [6, 6.07) is 8.18. The summed E-state index contributed by atoms with van der Waals surface area (Å²) in [5, 5.41) is 10.4. The molecule has 0 fully saturated rings. The van der Waals surface area contributed by atoms with Crippen molar-refractivity contribution in [1.29, 1.82) is 0 Å². The monoisotopic (exact) mass is 288 g/mol. The van der Waals surface area contributed by atoms with Gasteiger partial charge in [-0.2, -0.15) is 0 Å². The molecule has 3 heteroatoms. The van der Waals surface area contributed by atoms with Crippen molar-refractivity contribution in [3.05, 3.63) is 30.1 Å². The highest BCUT2D eigenvalue weighted by atomic mass is 16.3. The molecule has 0 bridgehead atoms. The van der Waals surface area contributed by atoms with Gasteiger partial charge in [-0.25, -0.2) is 4.98 Å². The maximum atomic E-state index is 10.4. The summed E-state index contributed by atoms with van der Waals surface area (Å²) in [6.07, 6.45) is 1.11. The topological polar surface area (TPSA) is 38.0 Å². The summed E-state index contributed by atoms with van der Waals surface area (Å²) in [5.74, 6) is 1.47. The van der Waals surface area contributed by atoms with E-state index < -0.39 is 0 Å². The second-order valence-corrected chi connectivity index (χ2v) is 7.12. The predicted molar refractivity (Wildman–Crippen MR) is 88.4 cm³/mol. The van der Waals surface area contributed by atoms with Crippen LogP contribution >= 0.6 is 0 Å². The minimum atomic E-state index is -0.332. The molecule has 1 heterocycles. The molecule has 1 N–H and O–H groups in total. The Bertz CT molecular complexity index is 595. The molecule has 2 atom stereocenters. The van der Waals surface area contributed by atoms with Gasteiger partial charge in [0.25, 0.3) is 0 Å². The number of nitrogens with zero attached hydrogens (tertiary/aromatic N) is 2. The Kier molecular flexibility index (Phi) is 4.72. The Labute approximate surface area is 128 Å². The van der Waals surface area contributed by atoms with Crippen molar-refractivity contribution >= 4 is 11.0 Å². The van der Waals surface area contributed by atoms with Crippen molar-refractivity contribution in [3.8, 4) is 0 Å². The van der Waals surface area contributed by atoms with Crippen LogP contribution in [0.4, 0.5) is 0 Å². The van der Waals surface area contributed by atoms with Gasteiger partial charge >= 0.3 is 0 Å². The minimum Gasteiger partial charge on any atom is -0.393 e. The van der Waals surface area contributed by atoms with Crippen LogP contribution in [-0.4, -0.2) is 20.8 Å². The van der Waals surface area contributed by atoms with E-state index in [-0.39, 0.29) is 11.5 Å². The number of benzene rings is 1. The van der Waals surface area contributed by atoms with Gasteiger partial charge in [0.15, 0.2) is 0 Å². The fourth-order valence-electron chi connectivity index (χ4n) is 2.69. The summed E-state index contributed by atoms with van der Waals surface area (Å²) in [6.45, 7) is 11.9. The molecule has 0 saturated heterocycles. The number of para-hydroxylation sites is 2. The first kappa shape index (κ1) is 16.0. The number of aryl methyl sites for hydroxylation is 1. The van der Waals surface area contributed by atoms with Crippen molar-refractivity contribution in [1.82, 2.24) is 9.55 Å². The Morgan fingerprint density at radius 2 is 1.90 bits per heavy atom. The molecular weight excluding hydrogens is 260 g/mol. The number of aliphatic hydroxyl groups is 1. The van der Waals surface area contributed by atoms with Crippen molar-refractivity contribution in [2.45, 2.75) is 60.1 Å². The first-order valence-electron chi connectivity index (χ1n) is 7.95. The van der Waals surface area contributed by atoms with Gasteiger partial charge in [0.05, 0.1) is 17.1 Å². The molecule has 0 saturated carbocycles. The smallest absolute Gasteiger partial charge is 0.112 e. The van der Waals surface area contributed by atoms with Crippen LogP contribution in [0.5, 0.6) is 0 Å². The summed E-state index contributed by atoms with van der Waals surface area (Å²) in [5.41, 5.74) is 2.41. The lowest BCUT2D eigenvalue weighted by Gasteiger charge is -2.29. The summed E-state index contributed by atoms with van der Waals surface area (Å²) >= 11 is 0. The molecule has 1 aromatic carbocycles. The third-order valence-electron chi connectivity index (χ3n) is 4.57. The largest absolute Gasteiger partial charge is 0.393 e. The molecule has 21 heavy (non-hydrogen) atoms. The van der Waals surface area contributed by atoms with Gasteiger partial charge in [-0.3, -0.25) is 0 Å². The zero-order valence-electron chi connectivity index (χ0n) is 13.9.